The van der Waals surface area contributed by atoms with Gasteiger partial charge in [0.15, 0.2) is 0 Å². The molecule has 0 bridgehead atoms. The second-order valence-electron chi connectivity index (χ2n) is 2.72. The maximum atomic E-state index is 10.9. The minimum absolute atomic E-state index is 0.485. The number of aromatic nitrogens is 2. The molecular weight excluding hydrogens is 182 g/mol. The number of hydrogen-bond acceptors (Lipinski definition) is 3. The van der Waals surface area contributed by atoms with Gasteiger partial charge in [0.25, 0.3) is 0 Å². The van der Waals surface area contributed by atoms with Gasteiger partial charge in [0.2, 0.25) is 0 Å². The number of methoxy groups -OCH3 is 1. The Balaban J connectivity index is 2.30. The van der Waals surface area contributed by atoms with Crippen molar-refractivity contribution in [2.75, 3.05) is 12.4 Å². The van der Waals surface area contributed by atoms with E-state index in [2.05, 4.69) is 15.0 Å². The van der Waals surface area contributed by atoms with Crippen molar-refractivity contribution in [2.45, 2.75) is 0 Å². The third-order valence-corrected chi connectivity index (χ3v) is 1.83. The monoisotopic (exact) mass is 191 g/mol. The highest BCUT2D eigenvalue weighted by Gasteiger charge is 2.01. The summed E-state index contributed by atoms with van der Waals surface area (Å²) in [5, 5.41) is 2.56. The number of rotatable bonds is 1. The molecule has 0 aliphatic rings. The summed E-state index contributed by atoms with van der Waals surface area (Å²) in [6.07, 6.45) is 4.85. The minimum atomic E-state index is -0.485. The van der Waals surface area contributed by atoms with E-state index in [1.807, 2.05) is 16.8 Å². The number of ether oxygens (including phenoxy) is 1. The molecule has 0 fully saturated rings. The van der Waals surface area contributed by atoms with Crippen molar-refractivity contribution >= 4 is 17.4 Å². The summed E-state index contributed by atoms with van der Waals surface area (Å²) in [5.41, 5.74) is 1.44. The van der Waals surface area contributed by atoms with Crippen molar-refractivity contribution in [1.29, 1.82) is 0 Å². The van der Waals surface area contributed by atoms with Crippen LogP contribution in [0.15, 0.2) is 30.7 Å². The lowest BCUT2D eigenvalue weighted by molar-refractivity contribution is 0.187. The second-order valence-corrected chi connectivity index (χ2v) is 2.72. The first-order chi connectivity index (χ1) is 6.79. The number of fused-ring (bicyclic) bond motifs is 1. The first-order valence-electron chi connectivity index (χ1n) is 4.07. The Morgan fingerprint density at radius 1 is 1.57 bits per heavy atom. The Bertz CT molecular complexity index is 464. The lowest BCUT2D eigenvalue weighted by Gasteiger charge is -2.03. The molecule has 5 nitrogen and oxygen atoms in total. The second kappa shape index (κ2) is 3.37. The van der Waals surface area contributed by atoms with E-state index in [4.69, 9.17) is 0 Å². The third kappa shape index (κ3) is 1.52. The Morgan fingerprint density at radius 3 is 3.21 bits per heavy atom. The summed E-state index contributed by atoms with van der Waals surface area (Å²) in [7, 11) is 1.32. The fraction of sp³-hybridized carbons (Fsp3) is 0.111. The van der Waals surface area contributed by atoms with Crippen LogP contribution in [0.3, 0.4) is 0 Å². The standard InChI is InChI=1S/C9H9N3O2/c1-14-9(13)11-7-2-4-12-5-3-10-8(12)6-7/h2-6H,1H3,(H,11,13). The molecule has 1 N–H and O–H groups in total. The summed E-state index contributed by atoms with van der Waals surface area (Å²) in [6.45, 7) is 0. The Kier molecular flexibility index (Phi) is 2.06. The maximum Gasteiger partial charge on any atom is 0.411 e. The summed E-state index contributed by atoms with van der Waals surface area (Å²) < 4.78 is 6.32. The number of nitrogens with one attached hydrogen (secondary N) is 1. The van der Waals surface area contributed by atoms with Crippen molar-refractivity contribution in [3.05, 3.63) is 30.7 Å². The van der Waals surface area contributed by atoms with Crippen molar-refractivity contribution in [1.82, 2.24) is 9.38 Å². The highest BCUT2D eigenvalue weighted by Crippen LogP contribution is 2.10. The topological polar surface area (TPSA) is 55.6 Å². The van der Waals surface area contributed by atoms with Crippen LogP contribution in [-0.2, 0) is 4.74 Å². The van der Waals surface area contributed by atoms with Gasteiger partial charge in [0.1, 0.15) is 5.65 Å². The number of carbonyl (C=O) groups excluding carboxylic acids is 1. The molecule has 2 aromatic heterocycles. The average molecular weight is 191 g/mol. The van der Waals surface area contributed by atoms with E-state index >= 15 is 0 Å². The highest BCUT2D eigenvalue weighted by atomic mass is 16.5. The van der Waals surface area contributed by atoms with Crippen LogP contribution in [0.4, 0.5) is 10.5 Å². The predicted octanol–water partition coefficient (Wildman–Crippen LogP) is 1.51. The van der Waals surface area contributed by atoms with Crippen LogP contribution in [-0.4, -0.2) is 22.6 Å². The largest absolute Gasteiger partial charge is 0.453 e. The fourth-order valence-corrected chi connectivity index (χ4v) is 1.16. The quantitative estimate of drug-likeness (QED) is 0.743. The van der Waals surface area contributed by atoms with E-state index in [1.165, 1.54) is 7.11 Å². The lowest BCUT2D eigenvalue weighted by Crippen LogP contribution is -2.10. The van der Waals surface area contributed by atoms with Crippen molar-refractivity contribution in [3.63, 3.8) is 0 Å². The SMILES string of the molecule is COC(=O)Nc1ccn2ccnc2c1. The van der Waals surface area contributed by atoms with Crippen molar-refractivity contribution < 1.29 is 9.53 Å². The van der Waals surface area contributed by atoms with Gasteiger partial charge in [-0.15, -0.1) is 0 Å². The third-order valence-electron chi connectivity index (χ3n) is 1.83. The van der Waals surface area contributed by atoms with E-state index in [-0.39, 0.29) is 0 Å². The molecule has 2 aromatic rings. The first-order valence-corrected chi connectivity index (χ1v) is 4.07. The van der Waals surface area contributed by atoms with Gasteiger partial charge in [-0.05, 0) is 6.07 Å². The number of nitrogens with zero attached hydrogens (tertiary/aromatic N) is 2. The molecule has 0 saturated heterocycles. The van der Waals surface area contributed by atoms with Gasteiger partial charge >= 0.3 is 6.09 Å². The van der Waals surface area contributed by atoms with Gasteiger partial charge in [-0.3, -0.25) is 5.32 Å². The van der Waals surface area contributed by atoms with E-state index in [0.717, 1.165) is 5.65 Å². The molecule has 0 aliphatic heterocycles. The van der Waals surface area contributed by atoms with E-state index in [0.29, 0.717) is 5.69 Å². The highest BCUT2D eigenvalue weighted by molar-refractivity contribution is 5.85. The van der Waals surface area contributed by atoms with Gasteiger partial charge in [0.05, 0.1) is 7.11 Å². The molecule has 0 spiro atoms. The van der Waals surface area contributed by atoms with Gasteiger partial charge in [0, 0.05) is 30.3 Å². The van der Waals surface area contributed by atoms with Crippen LogP contribution in [0, 0.1) is 0 Å². The normalized spacial score (nSPS) is 10.1. The fourth-order valence-electron chi connectivity index (χ4n) is 1.16. The average Bonchev–Trinajstić information content (AvgIpc) is 2.64. The van der Waals surface area contributed by atoms with Crippen LogP contribution < -0.4 is 5.32 Å². The first kappa shape index (κ1) is 8.55. The zero-order valence-corrected chi connectivity index (χ0v) is 7.60. The van der Waals surface area contributed by atoms with Gasteiger partial charge < -0.3 is 9.14 Å². The minimum Gasteiger partial charge on any atom is -0.453 e. The van der Waals surface area contributed by atoms with E-state index < -0.39 is 6.09 Å². The van der Waals surface area contributed by atoms with E-state index in [1.54, 1.807) is 18.3 Å². The van der Waals surface area contributed by atoms with Gasteiger partial charge in [-0.1, -0.05) is 0 Å². The maximum absolute atomic E-state index is 10.9. The van der Waals surface area contributed by atoms with Crippen LogP contribution in [0.5, 0.6) is 0 Å². The Hall–Kier alpha value is -2.04. The van der Waals surface area contributed by atoms with Crippen LogP contribution in [0.2, 0.25) is 0 Å². The smallest absolute Gasteiger partial charge is 0.411 e. The van der Waals surface area contributed by atoms with Gasteiger partial charge in [-0.2, -0.15) is 0 Å². The predicted molar refractivity (Wildman–Crippen MR) is 51.2 cm³/mol. The van der Waals surface area contributed by atoms with Crippen LogP contribution in [0.25, 0.3) is 5.65 Å². The molecule has 0 atom stereocenters. The van der Waals surface area contributed by atoms with Gasteiger partial charge in [-0.25, -0.2) is 9.78 Å². The number of amides is 1. The number of imidazole rings is 1. The summed E-state index contributed by atoms with van der Waals surface area (Å²) >= 11 is 0. The molecule has 14 heavy (non-hydrogen) atoms. The molecule has 2 rings (SSSR count). The molecule has 2 heterocycles. The number of anilines is 1. The number of carbonyl (C=O) groups is 1. The summed E-state index contributed by atoms with van der Waals surface area (Å²) in [5.74, 6) is 0. The molecule has 72 valence electrons. The van der Waals surface area contributed by atoms with Crippen LogP contribution in [0.1, 0.15) is 0 Å². The Labute approximate surface area is 80.3 Å². The Morgan fingerprint density at radius 2 is 2.43 bits per heavy atom. The zero-order chi connectivity index (χ0) is 9.97. The molecular formula is C9H9N3O2. The molecule has 0 unspecified atom stereocenters. The summed E-state index contributed by atoms with van der Waals surface area (Å²) in [6, 6.07) is 3.53. The van der Waals surface area contributed by atoms with Crippen molar-refractivity contribution in [2.24, 2.45) is 0 Å². The number of hydrogen-bond donors (Lipinski definition) is 1. The summed E-state index contributed by atoms with van der Waals surface area (Å²) in [4.78, 5) is 15.0. The van der Waals surface area contributed by atoms with Crippen LogP contribution >= 0.6 is 0 Å². The molecule has 0 aromatic carbocycles. The van der Waals surface area contributed by atoms with E-state index in [9.17, 15) is 4.79 Å². The molecule has 1 amide bonds. The molecule has 0 radical (unpaired) electrons. The lowest BCUT2D eigenvalue weighted by atomic mass is 10.4. The zero-order valence-electron chi connectivity index (χ0n) is 7.60. The molecule has 0 aliphatic carbocycles. The molecule has 0 saturated carbocycles. The van der Waals surface area contributed by atoms with Crippen molar-refractivity contribution in [3.8, 4) is 0 Å². The molecule has 5 heteroatoms. The number of pyridine rings is 1.